The second-order valence-electron chi connectivity index (χ2n) is 17.6. The molecule has 10 nitrogen and oxygen atoms in total. The number of nitrogens with zero attached hydrogens (tertiary/aromatic N) is 3. The first-order valence-corrected chi connectivity index (χ1v) is 25.6. The molecule has 2 heterocycles. The standard InChI is InChI=1S/C46H58F5N5O5S3/c1-33(11-18-43(47)48)40-30-45(2,3)21-19-35(40)31-55-25-27-56(28-26-55)37-14-12-34(13-15-37)44(57)53-64(60,61)39-16-17-41(42(29-39)63(58,59)46(49,50)51)52-36(20-24-54-22-7-8-23-54)32-62-38-9-5-4-6-10-38/h4-6,9-10,12-17,29,36,43,52H,1,7-8,11,18-28,30-32H2,2-3H3,(H,53,57). The van der Waals surface area contributed by atoms with E-state index in [0.29, 0.717) is 37.9 Å². The van der Waals surface area contributed by atoms with Gasteiger partial charge in [0.1, 0.15) is 4.90 Å². The average molecular weight is 952 g/mol. The number of halogens is 5. The summed E-state index contributed by atoms with van der Waals surface area (Å²) in [5.74, 6) is -0.661. The van der Waals surface area contributed by atoms with Gasteiger partial charge in [0.15, 0.2) is 0 Å². The van der Waals surface area contributed by atoms with E-state index in [1.807, 2.05) is 35.1 Å². The Morgan fingerprint density at radius 2 is 1.55 bits per heavy atom. The number of hydrogen-bond acceptors (Lipinski definition) is 10. The van der Waals surface area contributed by atoms with Gasteiger partial charge in [-0.1, -0.05) is 49.8 Å². The summed E-state index contributed by atoms with van der Waals surface area (Å²) in [6, 6.07) is 17.6. The van der Waals surface area contributed by atoms with Crippen LogP contribution in [0.15, 0.2) is 111 Å². The van der Waals surface area contributed by atoms with E-state index in [2.05, 4.69) is 40.4 Å². The van der Waals surface area contributed by atoms with Gasteiger partial charge in [0.05, 0.1) is 10.6 Å². The van der Waals surface area contributed by atoms with Crippen LogP contribution in [0.5, 0.6) is 0 Å². The van der Waals surface area contributed by atoms with Crippen LogP contribution in [0.1, 0.15) is 75.6 Å². The Kier molecular flexibility index (Phi) is 16.3. The van der Waals surface area contributed by atoms with E-state index in [-0.39, 0.29) is 23.8 Å². The summed E-state index contributed by atoms with van der Waals surface area (Å²) < 4.78 is 123. The Morgan fingerprint density at radius 1 is 0.875 bits per heavy atom. The van der Waals surface area contributed by atoms with Crippen molar-refractivity contribution in [2.24, 2.45) is 5.41 Å². The Bertz CT molecular complexity index is 2350. The molecule has 1 aliphatic carbocycles. The van der Waals surface area contributed by atoms with E-state index in [1.54, 1.807) is 12.1 Å². The van der Waals surface area contributed by atoms with Gasteiger partial charge >= 0.3 is 5.51 Å². The second kappa shape index (κ2) is 21.1. The topological polar surface area (TPSA) is 119 Å². The summed E-state index contributed by atoms with van der Waals surface area (Å²) >= 11 is 1.46. The Hall–Kier alpha value is -3.97. The number of nitrogens with one attached hydrogen (secondary N) is 2. The fraction of sp³-hybridized carbons (Fsp3) is 0.500. The molecule has 2 N–H and O–H groups in total. The molecule has 18 heteroatoms. The number of amides is 1. The van der Waals surface area contributed by atoms with Gasteiger partial charge in [-0.3, -0.25) is 9.69 Å². The lowest BCUT2D eigenvalue weighted by atomic mass is 9.72. The molecule has 0 saturated carbocycles. The predicted octanol–water partition coefficient (Wildman–Crippen LogP) is 9.39. The minimum Gasteiger partial charge on any atom is -0.380 e. The van der Waals surface area contributed by atoms with Gasteiger partial charge in [-0.05, 0) is 124 Å². The Balaban J connectivity index is 1.12. The summed E-state index contributed by atoms with van der Waals surface area (Å²) in [4.78, 5) is 18.8. The summed E-state index contributed by atoms with van der Waals surface area (Å²) in [6.07, 6.45) is 2.97. The smallest absolute Gasteiger partial charge is 0.380 e. The maximum atomic E-state index is 14.1. The van der Waals surface area contributed by atoms with Gasteiger partial charge in [0.25, 0.3) is 25.8 Å². The maximum Gasteiger partial charge on any atom is 0.501 e. The maximum absolute atomic E-state index is 14.1. The molecule has 2 fully saturated rings. The van der Waals surface area contributed by atoms with Crippen LogP contribution in [0, 0.1) is 5.41 Å². The lowest BCUT2D eigenvalue weighted by molar-refractivity contribution is -0.0435. The number of allylic oxidation sites excluding steroid dienone is 2. The van der Waals surface area contributed by atoms with Gasteiger partial charge in [-0.2, -0.15) is 13.2 Å². The number of hydrogen-bond donors (Lipinski definition) is 2. The van der Waals surface area contributed by atoms with E-state index in [1.165, 1.54) is 29.5 Å². The molecule has 0 aromatic heterocycles. The summed E-state index contributed by atoms with van der Waals surface area (Å²) in [5.41, 5.74) is -2.12. The van der Waals surface area contributed by atoms with Crippen molar-refractivity contribution in [1.82, 2.24) is 14.5 Å². The second-order valence-corrected chi connectivity index (χ2v) is 22.3. The SMILES string of the molecule is C=C(CCC(F)F)C1=C(CN2CCN(c3ccc(C(=O)NS(=O)(=O)c4ccc(NC(CCN5CCCC5)CSc5ccccc5)c(S(=O)(=O)C(F)(F)F)c4)cc3)CC2)CCC(C)(C)C1. The molecule has 350 valence electrons. The molecule has 3 aromatic rings. The average Bonchev–Trinajstić information content (AvgIpc) is 3.78. The Morgan fingerprint density at radius 3 is 2.19 bits per heavy atom. The van der Waals surface area contributed by atoms with Crippen LogP contribution in [-0.2, 0) is 19.9 Å². The zero-order valence-corrected chi connectivity index (χ0v) is 38.8. The number of carbonyl (C=O) groups excluding carboxylic acids is 1. The molecular weight excluding hydrogens is 894 g/mol. The highest BCUT2D eigenvalue weighted by molar-refractivity contribution is 7.99. The zero-order valence-electron chi connectivity index (χ0n) is 36.3. The number of anilines is 2. The van der Waals surface area contributed by atoms with Gasteiger partial charge in [0.2, 0.25) is 6.43 Å². The monoisotopic (exact) mass is 951 g/mol. The largest absolute Gasteiger partial charge is 0.501 e. The molecule has 3 aromatic carbocycles. The lowest BCUT2D eigenvalue weighted by Crippen LogP contribution is -2.47. The van der Waals surface area contributed by atoms with Crippen molar-refractivity contribution in [2.45, 2.75) is 97.9 Å². The van der Waals surface area contributed by atoms with E-state index >= 15 is 0 Å². The normalized spacial score (nSPS) is 18.3. The molecule has 6 rings (SSSR count). The van der Waals surface area contributed by atoms with Gasteiger partial charge in [0, 0.05) is 73.6 Å². The highest BCUT2D eigenvalue weighted by atomic mass is 32.2. The van der Waals surface area contributed by atoms with E-state index < -0.39 is 59.2 Å². The summed E-state index contributed by atoms with van der Waals surface area (Å²) in [6.45, 7) is 14.5. The molecule has 1 atom stereocenters. The molecule has 3 aliphatic rings. The van der Waals surface area contributed by atoms with E-state index in [9.17, 15) is 43.6 Å². The van der Waals surface area contributed by atoms with Crippen molar-refractivity contribution in [3.8, 4) is 0 Å². The number of piperazine rings is 1. The first-order valence-electron chi connectivity index (χ1n) is 21.6. The first kappa shape index (κ1) is 49.5. The van der Waals surface area contributed by atoms with Crippen molar-refractivity contribution in [2.75, 3.05) is 68.3 Å². The number of benzene rings is 3. The van der Waals surface area contributed by atoms with Gasteiger partial charge in [-0.15, -0.1) is 11.8 Å². The molecule has 2 saturated heterocycles. The van der Waals surface area contributed by atoms with Crippen molar-refractivity contribution in [3.63, 3.8) is 0 Å². The minimum atomic E-state index is -6.05. The van der Waals surface area contributed by atoms with Crippen molar-refractivity contribution in [3.05, 3.63) is 102 Å². The number of thioether (sulfide) groups is 1. The molecule has 0 radical (unpaired) electrons. The molecule has 64 heavy (non-hydrogen) atoms. The number of likely N-dealkylation sites (tertiary alicyclic amines) is 1. The van der Waals surface area contributed by atoms with Crippen LogP contribution in [0.25, 0.3) is 0 Å². The number of rotatable bonds is 19. The number of carbonyl (C=O) groups is 1. The Labute approximate surface area is 378 Å². The van der Waals surface area contributed by atoms with Gasteiger partial charge < -0.3 is 15.1 Å². The molecule has 1 unspecified atom stereocenters. The number of sulfone groups is 1. The van der Waals surface area contributed by atoms with E-state index in [0.717, 1.165) is 98.7 Å². The summed E-state index contributed by atoms with van der Waals surface area (Å²) in [7, 11) is -10.9. The van der Waals surface area contributed by atoms with Crippen LogP contribution in [0.3, 0.4) is 0 Å². The third kappa shape index (κ3) is 13.1. The lowest BCUT2D eigenvalue weighted by Gasteiger charge is -2.39. The van der Waals surface area contributed by atoms with Crippen molar-refractivity contribution >= 4 is 48.9 Å². The number of alkyl halides is 5. The van der Waals surface area contributed by atoms with Crippen LogP contribution in [0.2, 0.25) is 0 Å². The first-order chi connectivity index (χ1) is 30.2. The predicted molar refractivity (Wildman–Crippen MR) is 243 cm³/mol. The molecule has 0 spiro atoms. The third-order valence-electron chi connectivity index (χ3n) is 12.2. The molecule has 1 amide bonds. The van der Waals surface area contributed by atoms with Gasteiger partial charge in [-0.25, -0.2) is 30.3 Å². The van der Waals surface area contributed by atoms with Crippen LogP contribution in [-0.4, -0.2) is 109 Å². The van der Waals surface area contributed by atoms with Crippen LogP contribution < -0.4 is 14.9 Å². The van der Waals surface area contributed by atoms with Crippen molar-refractivity contribution in [1.29, 1.82) is 0 Å². The molecular formula is C46H58F5N5O5S3. The quantitative estimate of drug-likeness (QED) is 0.0889. The van der Waals surface area contributed by atoms with E-state index in [4.69, 9.17) is 0 Å². The fourth-order valence-electron chi connectivity index (χ4n) is 8.42. The third-order valence-corrected chi connectivity index (χ3v) is 16.2. The number of sulfonamides is 1. The van der Waals surface area contributed by atoms with Crippen LogP contribution in [0.4, 0.5) is 33.3 Å². The van der Waals surface area contributed by atoms with Crippen LogP contribution >= 0.6 is 11.8 Å². The zero-order chi connectivity index (χ0) is 46.3. The summed E-state index contributed by atoms with van der Waals surface area (Å²) in [5, 5.41) is 2.99. The highest BCUT2D eigenvalue weighted by Crippen LogP contribution is 2.43. The molecule has 0 bridgehead atoms. The fourth-order valence-corrected chi connectivity index (χ4v) is 11.4. The molecule has 2 aliphatic heterocycles. The highest BCUT2D eigenvalue weighted by Gasteiger charge is 2.48. The van der Waals surface area contributed by atoms with Crippen molar-refractivity contribution < 1.29 is 43.6 Å². The minimum absolute atomic E-state index is 0.0316.